The van der Waals surface area contributed by atoms with Crippen molar-refractivity contribution in [1.29, 1.82) is 0 Å². The molecule has 4 aromatic rings. The van der Waals surface area contributed by atoms with Crippen molar-refractivity contribution in [2.75, 3.05) is 7.11 Å². The number of aryl methyl sites for hydroxylation is 1. The predicted octanol–water partition coefficient (Wildman–Crippen LogP) is 4.74. The summed E-state index contributed by atoms with van der Waals surface area (Å²) in [6.07, 6.45) is 0.797. The maximum atomic E-state index is 13.1. The number of benzene rings is 2. The molecule has 8 nitrogen and oxygen atoms in total. The first-order valence-corrected chi connectivity index (χ1v) is 12.0. The molecule has 1 N–H and O–H groups in total. The largest absolute Gasteiger partial charge is 0.497 e. The molecule has 184 valence electrons. The second-order valence-electron chi connectivity index (χ2n) is 10.0. The second kappa shape index (κ2) is 10.00. The van der Waals surface area contributed by atoms with E-state index in [0.29, 0.717) is 24.4 Å². The van der Waals surface area contributed by atoms with Crippen molar-refractivity contribution < 1.29 is 4.74 Å². The summed E-state index contributed by atoms with van der Waals surface area (Å²) in [5.41, 5.74) is 3.47. The van der Waals surface area contributed by atoms with Crippen LogP contribution < -0.4 is 10.3 Å². The van der Waals surface area contributed by atoms with E-state index in [4.69, 9.17) is 4.74 Å². The van der Waals surface area contributed by atoms with E-state index in [1.807, 2.05) is 28.9 Å². The fourth-order valence-electron chi connectivity index (χ4n) is 4.38. The van der Waals surface area contributed by atoms with Gasteiger partial charge >= 0.3 is 0 Å². The van der Waals surface area contributed by atoms with E-state index in [0.717, 1.165) is 23.1 Å². The Morgan fingerprint density at radius 3 is 2.49 bits per heavy atom. The zero-order chi connectivity index (χ0) is 25.2. The quantitative estimate of drug-likeness (QED) is 0.397. The number of ether oxygens (including phenoxy) is 1. The van der Waals surface area contributed by atoms with Crippen molar-refractivity contribution in [2.24, 2.45) is 0 Å². The number of fused-ring (bicyclic) bond motifs is 1. The van der Waals surface area contributed by atoms with Crippen molar-refractivity contribution >= 4 is 10.9 Å². The molecule has 2 heterocycles. The second-order valence-corrected chi connectivity index (χ2v) is 10.0. The van der Waals surface area contributed by atoms with Crippen LogP contribution in [0.25, 0.3) is 10.9 Å². The van der Waals surface area contributed by atoms with E-state index in [-0.39, 0.29) is 17.1 Å². The minimum absolute atomic E-state index is 0.0727. The minimum Gasteiger partial charge on any atom is -0.497 e. The van der Waals surface area contributed by atoms with Crippen LogP contribution in [0.3, 0.4) is 0 Å². The van der Waals surface area contributed by atoms with Gasteiger partial charge in [0.15, 0.2) is 5.82 Å². The molecule has 8 heteroatoms. The number of hydrogen-bond donors (Lipinski definition) is 1. The van der Waals surface area contributed by atoms with Gasteiger partial charge < -0.3 is 9.72 Å². The van der Waals surface area contributed by atoms with Crippen LogP contribution in [-0.2, 0) is 18.6 Å². The fraction of sp³-hybridized carbons (Fsp3) is 0.407. The molecule has 0 aliphatic heterocycles. The smallest absolute Gasteiger partial charge is 0.252 e. The topological polar surface area (TPSA) is 88.9 Å². The van der Waals surface area contributed by atoms with Crippen LogP contribution in [-0.4, -0.2) is 37.2 Å². The van der Waals surface area contributed by atoms with Crippen LogP contribution in [0.15, 0.2) is 53.3 Å². The Bertz CT molecular complexity index is 1350. The van der Waals surface area contributed by atoms with Gasteiger partial charge in [0.1, 0.15) is 5.75 Å². The van der Waals surface area contributed by atoms with Crippen LogP contribution in [0.5, 0.6) is 5.75 Å². The third kappa shape index (κ3) is 5.43. The van der Waals surface area contributed by atoms with Gasteiger partial charge in [-0.25, -0.2) is 4.68 Å². The zero-order valence-electron chi connectivity index (χ0n) is 21.4. The number of aromatic nitrogens is 5. The van der Waals surface area contributed by atoms with Gasteiger partial charge in [-0.1, -0.05) is 36.8 Å². The van der Waals surface area contributed by atoms with Gasteiger partial charge in [0.05, 0.1) is 24.2 Å². The van der Waals surface area contributed by atoms with E-state index < -0.39 is 0 Å². The summed E-state index contributed by atoms with van der Waals surface area (Å²) in [6, 6.07) is 16.1. The first-order chi connectivity index (χ1) is 16.7. The summed E-state index contributed by atoms with van der Waals surface area (Å²) in [4.78, 5) is 18.4. The van der Waals surface area contributed by atoms with E-state index in [9.17, 15) is 4.79 Å². The highest BCUT2D eigenvalue weighted by Crippen LogP contribution is 2.29. The maximum Gasteiger partial charge on any atom is 0.252 e. The molecule has 0 aliphatic rings. The van der Waals surface area contributed by atoms with Crippen molar-refractivity contribution in [3.05, 3.63) is 81.4 Å². The highest BCUT2D eigenvalue weighted by atomic mass is 16.5. The molecule has 0 bridgehead atoms. The Morgan fingerprint density at radius 2 is 1.83 bits per heavy atom. The number of methoxy groups -OCH3 is 1. The van der Waals surface area contributed by atoms with Crippen LogP contribution in [0, 0.1) is 6.92 Å². The SMILES string of the molecule is CCC(c1nnnn1C(C)(C)C)N(Cc1ccc(C)cc1)Cc1cc2ccc(OC)cc2[nH]c1=O. The number of H-pyrrole nitrogens is 1. The van der Waals surface area contributed by atoms with E-state index in [2.05, 4.69) is 84.3 Å². The lowest BCUT2D eigenvalue weighted by Gasteiger charge is -2.32. The number of hydrogen-bond acceptors (Lipinski definition) is 6. The Kier molecular flexibility index (Phi) is 7.03. The molecule has 0 fully saturated rings. The third-order valence-electron chi connectivity index (χ3n) is 6.26. The average Bonchev–Trinajstić information content (AvgIpc) is 3.31. The summed E-state index contributed by atoms with van der Waals surface area (Å²) in [5.74, 6) is 1.51. The standard InChI is InChI=1S/C27H34N6O2/c1-7-24(25-29-30-31-33(25)27(3,4)5)32(16-19-10-8-18(2)9-11-19)17-21-14-20-12-13-22(35-6)15-23(20)28-26(21)34/h8-15,24H,7,16-17H2,1-6H3,(H,28,34). The van der Waals surface area contributed by atoms with Crippen molar-refractivity contribution in [1.82, 2.24) is 30.1 Å². The summed E-state index contributed by atoms with van der Waals surface area (Å²) in [5, 5.41) is 13.7. The van der Waals surface area contributed by atoms with Crippen molar-refractivity contribution in [3.63, 3.8) is 0 Å². The lowest BCUT2D eigenvalue weighted by molar-refractivity contribution is 0.153. The lowest BCUT2D eigenvalue weighted by Crippen LogP contribution is -2.35. The molecular formula is C27H34N6O2. The Labute approximate surface area is 205 Å². The van der Waals surface area contributed by atoms with Crippen LogP contribution in [0.2, 0.25) is 0 Å². The first-order valence-electron chi connectivity index (χ1n) is 12.0. The molecule has 0 aliphatic carbocycles. The van der Waals surface area contributed by atoms with Crippen molar-refractivity contribution in [2.45, 2.75) is 65.7 Å². The summed E-state index contributed by atoms with van der Waals surface area (Å²) in [7, 11) is 1.62. The van der Waals surface area contributed by atoms with Gasteiger partial charge in [-0.05, 0) is 73.7 Å². The molecular weight excluding hydrogens is 440 g/mol. The lowest BCUT2D eigenvalue weighted by atomic mass is 10.0. The van der Waals surface area contributed by atoms with Gasteiger partial charge in [-0.15, -0.1) is 5.10 Å². The van der Waals surface area contributed by atoms with Gasteiger partial charge in [-0.3, -0.25) is 9.69 Å². The summed E-state index contributed by atoms with van der Waals surface area (Å²) >= 11 is 0. The minimum atomic E-state index is -0.263. The number of rotatable bonds is 8. The molecule has 35 heavy (non-hydrogen) atoms. The molecule has 4 rings (SSSR count). The predicted molar refractivity (Wildman–Crippen MR) is 137 cm³/mol. The molecule has 0 saturated heterocycles. The average molecular weight is 475 g/mol. The van der Waals surface area contributed by atoms with Gasteiger partial charge in [0.25, 0.3) is 5.56 Å². The number of tetrazole rings is 1. The number of nitrogens with zero attached hydrogens (tertiary/aromatic N) is 5. The van der Waals surface area contributed by atoms with Gasteiger partial charge in [-0.2, -0.15) is 0 Å². The Balaban J connectivity index is 1.76. The number of pyridine rings is 1. The number of aromatic amines is 1. The third-order valence-corrected chi connectivity index (χ3v) is 6.26. The molecule has 0 amide bonds. The highest BCUT2D eigenvalue weighted by molar-refractivity contribution is 5.80. The van der Waals surface area contributed by atoms with Gasteiger partial charge in [0, 0.05) is 24.7 Å². The van der Waals surface area contributed by atoms with E-state index in [1.54, 1.807) is 7.11 Å². The molecule has 2 aromatic carbocycles. The normalized spacial score (nSPS) is 12.9. The monoisotopic (exact) mass is 474 g/mol. The Morgan fingerprint density at radius 1 is 1.09 bits per heavy atom. The van der Waals surface area contributed by atoms with Crippen LogP contribution in [0.4, 0.5) is 0 Å². The molecule has 1 atom stereocenters. The molecule has 0 radical (unpaired) electrons. The zero-order valence-corrected chi connectivity index (χ0v) is 21.4. The molecule has 2 aromatic heterocycles. The first kappa shape index (κ1) is 24.6. The van der Waals surface area contributed by atoms with Crippen molar-refractivity contribution in [3.8, 4) is 5.75 Å². The fourth-order valence-corrected chi connectivity index (χ4v) is 4.38. The van der Waals surface area contributed by atoms with Crippen LogP contribution >= 0.6 is 0 Å². The highest BCUT2D eigenvalue weighted by Gasteiger charge is 2.29. The van der Waals surface area contributed by atoms with E-state index >= 15 is 0 Å². The van der Waals surface area contributed by atoms with Gasteiger partial charge in [0.2, 0.25) is 0 Å². The maximum absolute atomic E-state index is 13.1. The Hall–Kier alpha value is -3.52. The van der Waals surface area contributed by atoms with Crippen LogP contribution in [0.1, 0.15) is 62.7 Å². The molecule has 0 spiro atoms. The summed E-state index contributed by atoms with van der Waals surface area (Å²) < 4.78 is 7.20. The number of nitrogens with one attached hydrogen (secondary N) is 1. The van der Waals surface area contributed by atoms with E-state index in [1.165, 1.54) is 11.1 Å². The summed E-state index contributed by atoms with van der Waals surface area (Å²) in [6.45, 7) is 11.6. The molecule has 1 unspecified atom stereocenters. The molecule has 0 saturated carbocycles.